The summed E-state index contributed by atoms with van der Waals surface area (Å²) >= 11 is 0. The van der Waals surface area contributed by atoms with Crippen LogP contribution in [0.2, 0.25) is 0 Å². The van der Waals surface area contributed by atoms with E-state index in [0.29, 0.717) is 0 Å². The molecule has 0 aliphatic carbocycles. The highest BCUT2D eigenvalue weighted by molar-refractivity contribution is 5.99. The highest BCUT2D eigenvalue weighted by Gasteiger charge is 2.47. The summed E-state index contributed by atoms with van der Waals surface area (Å²) in [5.74, 6) is -1.28. The van der Waals surface area contributed by atoms with E-state index in [1.165, 1.54) is 16.8 Å². The number of carbonyl (C=O) groups excluding carboxylic acids is 3. The molecule has 1 N–H and O–H groups in total. The van der Waals surface area contributed by atoms with E-state index in [1.54, 1.807) is 0 Å². The Morgan fingerprint density at radius 1 is 1.15 bits per heavy atom. The summed E-state index contributed by atoms with van der Waals surface area (Å²) in [6.45, 7) is -0.269. The Labute approximate surface area is 152 Å². The third-order valence-corrected chi connectivity index (χ3v) is 4.97. The van der Waals surface area contributed by atoms with Crippen molar-refractivity contribution in [1.29, 1.82) is 0 Å². The van der Waals surface area contributed by atoms with Crippen molar-refractivity contribution in [3.8, 4) is 0 Å². The molecule has 3 rings (SSSR count). The van der Waals surface area contributed by atoms with Crippen LogP contribution in [0.3, 0.4) is 0 Å². The molecule has 7 nitrogen and oxygen atoms in total. The summed E-state index contributed by atoms with van der Waals surface area (Å²) in [4.78, 5) is 41.3. The van der Waals surface area contributed by atoms with Gasteiger partial charge in [0, 0.05) is 25.7 Å². The number of alkyl halides is 3. The lowest BCUT2D eigenvalue weighted by atomic mass is 10.0. The monoisotopic (exact) mass is 385 g/mol. The quantitative estimate of drug-likeness (QED) is 0.788. The Bertz CT molecular complexity index is 766. The fourth-order valence-electron chi connectivity index (χ4n) is 3.37. The zero-order valence-electron chi connectivity index (χ0n) is 14.4. The largest absolute Gasteiger partial charge is 0.416 e. The number of benzene rings is 1. The number of carbonyl (C=O) groups is 3. The molecule has 0 aromatic heterocycles. The van der Waals surface area contributed by atoms with Gasteiger partial charge in [-0.3, -0.25) is 14.4 Å². The highest BCUT2D eigenvalue weighted by Crippen LogP contribution is 2.29. The molecule has 1 aromatic rings. The maximum Gasteiger partial charge on any atom is 0.416 e. The second kappa shape index (κ2) is 6.84. The minimum Gasteiger partial charge on any atom is -0.394 e. The van der Waals surface area contributed by atoms with Gasteiger partial charge in [-0.2, -0.15) is 13.2 Å². The molecule has 146 valence electrons. The van der Waals surface area contributed by atoms with Crippen molar-refractivity contribution < 1.29 is 32.7 Å². The Hall–Kier alpha value is -2.62. The van der Waals surface area contributed by atoms with E-state index in [9.17, 15) is 32.7 Å². The molecule has 2 saturated heterocycles. The van der Waals surface area contributed by atoms with Gasteiger partial charge in [0.2, 0.25) is 11.8 Å². The maximum absolute atomic E-state index is 12.6. The molecule has 2 aliphatic rings. The van der Waals surface area contributed by atoms with Gasteiger partial charge in [-0.1, -0.05) is 0 Å². The number of aliphatic hydroxyl groups excluding tert-OH is 1. The van der Waals surface area contributed by atoms with Crippen LogP contribution in [0, 0.1) is 0 Å². The average Bonchev–Trinajstić information content (AvgIpc) is 2.65. The van der Waals surface area contributed by atoms with Gasteiger partial charge in [-0.25, -0.2) is 0 Å². The van der Waals surface area contributed by atoms with Gasteiger partial charge >= 0.3 is 6.18 Å². The molecule has 10 heteroatoms. The summed E-state index contributed by atoms with van der Waals surface area (Å²) in [6, 6.07) is 2.05. The number of piperazine rings is 2. The zero-order valence-corrected chi connectivity index (χ0v) is 14.4. The van der Waals surface area contributed by atoms with Gasteiger partial charge in [-0.05, 0) is 24.3 Å². The summed E-state index contributed by atoms with van der Waals surface area (Å²) in [7, 11) is 1.41. The molecule has 3 amide bonds. The predicted octanol–water partition coefficient (Wildman–Crippen LogP) is 0.191. The molecule has 2 aliphatic heterocycles. The van der Waals surface area contributed by atoms with Gasteiger partial charge in [0.15, 0.2) is 0 Å². The normalized spacial score (nSPS) is 23.5. The molecule has 2 atom stereocenters. The highest BCUT2D eigenvalue weighted by atomic mass is 19.4. The van der Waals surface area contributed by atoms with Crippen LogP contribution >= 0.6 is 0 Å². The fourth-order valence-corrected chi connectivity index (χ4v) is 3.37. The van der Waals surface area contributed by atoms with Crippen molar-refractivity contribution >= 4 is 17.7 Å². The van der Waals surface area contributed by atoms with Crippen LogP contribution in [0.15, 0.2) is 24.3 Å². The molecule has 0 spiro atoms. The maximum atomic E-state index is 12.6. The van der Waals surface area contributed by atoms with Gasteiger partial charge < -0.3 is 19.8 Å². The van der Waals surface area contributed by atoms with Crippen molar-refractivity contribution in [2.24, 2.45) is 0 Å². The molecular formula is C17H18F3N3O4. The van der Waals surface area contributed by atoms with Crippen LogP contribution in [-0.4, -0.2) is 82.9 Å². The Morgan fingerprint density at radius 3 is 2.33 bits per heavy atom. The first-order valence-corrected chi connectivity index (χ1v) is 8.29. The second-order valence-electron chi connectivity index (χ2n) is 6.52. The van der Waals surface area contributed by atoms with Crippen LogP contribution in [0.1, 0.15) is 15.9 Å². The van der Waals surface area contributed by atoms with Crippen molar-refractivity contribution in [3.05, 3.63) is 35.4 Å². The van der Waals surface area contributed by atoms with Gasteiger partial charge in [0.05, 0.1) is 18.7 Å². The number of halogens is 3. The Morgan fingerprint density at radius 2 is 1.78 bits per heavy atom. The lowest BCUT2D eigenvalue weighted by Crippen LogP contribution is -2.70. The second-order valence-corrected chi connectivity index (χ2v) is 6.52. The van der Waals surface area contributed by atoms with Crippen LogP contribution in [0.25, 0.3) is 0 Å². The van der Waals surface area contributed by atoms with E-state index >= 15 is 0 Å². The molecule has 1 aromatic carbocycles. The van der Waals surface area contributed by atoms with E-state index in [1.807, 2.05) is 0 Å². The molecule has 0 unspecified atom stereocenters. The molecular weight excluding hydrogens is 367 g/mol. The third kappa shape index (κ3) is 3.36. The van der Waals surface area contributed by atoms with E-state index < -0.39 is 42.2 Å². The van der Waals surface area contributed by atoms with Crippen molar-refractivity contribution in [1.82, 2.24) is 14.7 Å². The van der Waals surface area contributed by atoms with Crippen LogP contribution in [0.5, 0.6) is 0 Å². The average molecular weight is 385 g/mol. The van der Waals surface area contributed by atoms with E-state index in [4.69, 9.17) is 0 Å². The molecule has 27 heavy (non-hydrogen) atoms. The summed E-state index contributed by atoms with van der Waals surface area (Å²) < 4.78 is 37.9. The van der Waals surface area contributed by atoms with Crippen LogP contribution in [0.4, 0.5) is 13.2 Å². The summed E-state index contributed by atoms with van der Waals surface area (Å²) in [5.41, 5.74) is -0.777. The third-order valence-electron chi connectivity index (χ3n) is 4.97. The van der Waals surface area contributed by atoms with Crippen molar-refractivity contribution in [2.75, 3.05) is 33.3 Å². The van der Waals surface area contributed by atoms with Gasteiger partial charge in [-0.15, -0.1) is 0 Å². The lowest BCUT2D eigenvalue weighted by Gasteiger charge is -2.47. The minimum absolute atomic E-state index is 0.0487. The zero-order chi connectivity index (χ0) is 19.9. The van der Waals surface area contributed by atoms with E-state index in [-0.39, 0.29) is 31.1 Å². The molecule has 0 saturated carbocycles. The topological polar surface area (TPSA) is 81.2 Å². The first kappa shape index (κ1) is 19.2. The number of fused-ring (bicyclic) bond motifs is 1. The number of rotatable bonds is 2. The first-order chi connectivity index (χ1) is 12.6. The number of likely N-dealkylation sites (N-methyl/N-ethyl adjacent to an activating group) is 1. The number of hydrogen-bond acceptors (Lipinski definition) is 4. The van der Waals surface area contributed by atoms with E-state index in [0.717, 1.165) is 29.2 Å². The predicted molar refractivity (Wildman–Crippen MR) is 86.5 cm³/mol. The SMILES string of the molecule is CN1C(=O)[C@H]2CN(C(=O)c3ccc(C(F)(F)F)cc3)CCN2C(=O)[C@@H]1CO. The Kier molecular flexibility index (Phi) is 4.85. The minimum atomic E-state index is -4.49. The number of nitrogens with zero attached hydrogens (tertiary/aromatic N) is 3. The first-order valence-electron chi connectivity index (χ1n) is 8.29. The van der Waals surface area contributed by atoms with Gasteiger partial charge in [0.1, 0.15) is 12.1 Å². The lowest BCUT2D eigenvalue weighted by molar-refractivity contribution is -0.164. The van der Waals surface area contributed by atoms with Crippen molar-refractivity contribution in [2.45, 2.75) is 18.3 Å². The standard InChI is InChI=1S/C17H18F3N3O4/c1-21-13(9-24)16(27)23-7-6-22(8-12(23)15(21)26)14(25)10-2-4-11(5-3-10)17(18,19)20/h2-5,12-13,24H,6-9H2,1H3/t12-,13+/m1/s1. The molecule has 2 heterocycles. The molecule has 0 radical (unpaired) electrons. The van der Waals surface area contributed by atoms with Crippen molar-refractivity contribution in [3.63, 3.8) is 0 Å². The van der Waals surface area contributed by atoms with Gasteiger partial charge in [0.25, 0.3) is 5.91 Å². The fraction of sp³-hybridized carbons (Fsp3) is 0.471. The molecule has 0 bridgehead atoms. The number of aliphatic hydroxyl groups is 1. The van der Waals surface area contributed by atoms with E-state index in [2.05, 4.69) is 0 Å². The molecule has 2 fully saturated rings. The van der Waals surface area contributed by atoms with Crippen LogP contribution in [-0.2, 0) is 15.8 Å². The Balaban J connectivity index is 1.76. The number of hydrogen-bond donors (Lipinski definition) is 1. The summed E-state index contributed by atoms with van der Waals surface area (Å²) in [6.07, 6.45) is -4.49. The number of amides is 3. The van der Waals surface area contributed by atoms with Crippen LogP contribution < -0.4 is 0 Å². The summed E-state index contributed by atoms with van der Waals surface area (Å²) in [5, 5.41) is 9.32. The smallest absolute Gasteiger partial charge is 0.394 e.